The molecule has 0 unspecified atom stereocenters. The van der Waals surface area contributed by atoms with Crippen molar-refractivity contribution in [2.75, 3.05) is 25.5 Å². The molecule has 1 aromatic rings. The quantitative estimate of drug-likeness (QED) is 0.667. The van der Waals surface area contributed by atoms with E-state index in [1.165, 1.54) is 31.7 Å². The molecule has 0 spiro atoms. The zero-order valence-electron chi connectivity index (χ0n) is 12.9. The van der Waals surface area contributed by atoms with Gasteiger partial charge in [-0.2, -0.15) is 0 Å². The number of non-ortho nitro benzene ring substituents is 1. The summed E-state index contributed by atoms with van der Waals surface area (Å²) in [4.78, 5) is 24.9. The van der Waals surface area contributed by atoms with Crippen LogP contribution in [0, 0.1) is 10.1 Å². The van der Waals surface area contributed by atoms with Crippen molar-refractivity contribution < 1.29 is 14.5 Å². The van der Waals surface area contributed by atoms with Gasteiger partial charge >= 0.3 is 0 Å². The van der Waals surface area contributed by atoms with Crippen LogP contribution in [0.15, 0.2) is 18.2 Å². The minimum atomic E-state index is -0.497. The van der Waals surface area contributed by atoms with E-state index in [0.717, 1.165) is 25.9 Å². The standard InChI is InChI=1S/C15H21N3O4/c1-11(17-8-4-3-5-9-17)15(19)16-13-10-12(18(20)21)6-7-14(13)22-2/h6-7,10-11H,3-5,8-9H2,1-2H3,(H,16,19)/t11-/m0/s1. The topological polar surface area (TPSA) is 84.7 Å². The highest BCUT2D eigenvalue weighted by Gasteiger charge is 2.24. The Hall–Kier alpha value is -2.15. The second kappa shape index (κ2) is 7.22. The largest absolute Gasteiger partial charge is 0.495 e. The fourth-order valence-corrected chi connectivity index (χ4v) is 2.62. The Kier molecular flexibility index (Phi) is 5.32. The van der Waals surface area contributed by atoms with Gasteiger partial charge in [-0.15, -0.1) is 0 Å². The van der Waals surface area contributed by atoms with Crippen molar-refractivity contribution >= 4 is 17.3 Å². The van der Waals surface area contributed by atoms with E-state index < -0.39 is 4.92 Å². The van der Waals surface area contributed by atoms with Crippen LogP contribution in [0.4, 0.5) is 11.4 Å². The molecule has 0 radical (unpaired) electrons. The molecular formula is C15H21N3O4. The summed E-state index contributed by atoms with van der Waals surface area (Å²) >= 11 is 0. The average Bonchev–Trinajstić information content (AvgIpc) is 2.54. The van der Waals surface area contributed by atoms with Crippen molar-refractivity contribution in [1.29, 1.82) is 0 Å². The van der Waals surface area contributed by atoms with Crippen molar-refractivity contribution in [2.24, 2.45) is 0 Å². The molecule has 0 saturated carbocycles. The van der Waals surface area contributed by atoms with Gasteiger partial charge in [-0.25, -0.2) is 0 Å². The summed E-state index contributed by atoms with van der Waals surface area (Å²) in [6.07, 6.45) is 3.39. The summed E-state index contributed by atoms with van der Waals surface area (Å²) in [6, 6.07) is 3.88. The van der Waals surface area contributed by atoms with E-state index in [0.29, 0.717) is 11.4 Å². The number of nitrogens with one attached hydrogen (secondary N) is 1. The van der Waals surface area contributed by atoms with E-state index in [1.54, 1.807) is 0 Å². The van der Waals surface area contributed by atoms with E-state index in [4.69, 9.17) is 4.74 Å². The number of nitro groups is 1. The van der Waals surface area contributed by atoms with Gasteiger partial charge in [-0.3, -0.25) is 19.8 Å². The zero-order valence-corrected chi connectivity index (χ0v) is 12.9. The number of carbonyl (C=O) groups excluding carboxylic acids is 1. The number of piperidine rings is 1. The van der Waals surface area contributed by atoms with Crippen LogP contribution in [-0.2, 0) is 4.79 Å². The molecule has 0 aliphatic carbocycles. The summed E-state index contributed by atoms with van der Waals surface area (Å²) in [5.41, 5.74) is 0.243. The minimum Gasteiger partial charge on any atom is -0.495 e. The Labute approximate surface area is 129 Å². The molecule has 1 aliphatic heterocycles. The third-order valence-corrected chi connectivity index (χ3v) is 3.97. The van der Waals surface area contributed by atoms with Gasteiger partial charge in [0.25, 0.3) is 5.69 Å². The molecule has 1 amide bonds. The number of anilines is 1. The first-order chi connectivity index (χ1) is 10.5. The Balaban J connectivity index is 2.12. The number of ether oxygens (including phenoxy) is 1. The highest BCUT2D eigenvalue weighted by Crippen LogP contribution is 2.29. The van der Waals surface area contributed by atoms with Gasteiger partial charge in [0.1, 0.15) is 5.75 Å². The van der Waals surface area contributed by atoms with Crippen molar-refractivity contribution in [2.45, 2.75) is 32.2 Å². The number of nitro benzene ring substituents is 1. The van der Waals surface area contributed by atoms with Gasteiger partial charge in [0, 0.05) is 12.1 Å². The fourth-order valence-electron chi connectivity index (χ4n) is 2.62. The number of carbonyl (C=O) groups is 1. The Morgan fingerprint density at radius 2 is 2.05 bits per heavy atom. The molecular weight excluding hydrogens is 286 g/mol. The van der Waals surface area contributed by atoms with E-state index >= 15 is 0 Å². The lowest BCUT2D eigenvalue weighted by Crippen LogP contribution is -2.44. The smallest absolute Gasteiger partial charge is 0.271 e. The summed E-state index contributed by atoms with van der Waals surface area (Å²) in [5, 5.41) is 13.6. The van der Waals surface area contributed by atoms with Crippen molar-refractivity contribution in [3.63, 3.8) is 0 Å². The molecule has 1 N–H and O–H groups in total. The number of methoxy groups -OCH3 is 1. The first-order valence-corrected chi connectivity index (χ1v) is 7.40. The number of benzene rings is 1. The number of hydrogen-bond acceptors (Lipinski definition) is 5. The molecule has 0 bridgehead atoms. The molecule has 1 aromatic carbocycles. The molecule has 1 fully saturated rings. The summed E-state index contributed by atoms with van der Waals surface area (Å²) < 4.78 is 5.16. The van der Waals surface area contributed by atoms with Gasteiger partial charge in [0.05, 0.1) is 23.8 Å². The second-order valence-corrected chi connectivity index (χ2v) is 5.40. The van der Waals surface area contributed by atoms with Gasteiger partial charge < -0.3 is 10.1 Å². The van der Waals surface area contributed by atoms with E-state index in [2.05, 4.69) is 10.2 Å². The average molecular weight is 307 g/mol. The van der Waals surface area contributed by atoms with Crippen LogP contribution in [0.1, 0.15) is 26.2 Å². The van der Waals surface area contributed by atoms with E-state index in [9.17, 15) is 14.9 Å². The highest BCUT2D eigenvalue weighted by atomic mass is 16.6. The Bertz CT molecular complexity index is 556. The molecule has 0 aromatic heterocycles. The maximum atomic E-state index is 12.4. The molecule has 1 atom stereocenters. The molecule has 120 valence electrons. The molecule has 22 heavy (non-hydrogen) atoms. The van der Waals surface area contributed by atoms with Crippen molar-refractivity contribution in [3.05, 3.63) is 28.3 Å². The molecule has 1 saturated heterocycles. The SMILES string of the molecule is COc1ccc([N+](=O)[O-])cc1NC(=O)[C@H](C)N1CCCCC1. The lowest BCUT2D eigenvalue weighted by atomic mass is 10.1. The second-order valence-electron chi connectivity index (χ2n) is 5.40. The predicted octanol–water partition coefficient (Wildman–Crippen LogP) is 2.42. The normalized spacial score (nSPS) is 16.8. The maximum absolute atomic E-state index is 12.4. The number of hydrogen-bond donors (Lipinski definition) is 1. The number of rotatable bonds is 5. The van der Waals surface area contributed by atoms with Crippen LogP contribution < -0.4 is 10.1 Å². The van der Waals surface area contributed by atoms with Gasteiger partial charge in [-0.05, 0) is 38.9 Å². The lowest BCUT2D eigenvalue weighted by Gasteiger charge is -2.31. The monoisotopic (exact) mass is 307 g/mol. The van der Waals surface area contributed by atoms with Crippen LogP contribution in [0.25, 0.3) is 0 Å². The van der Waals surface area contributed by atoms with Crippen LogP contribution >= 0.6 is 0 Å². The number of amides is 1. The van der Waals surface area contributed by atoms with Crippen LogP contribution in [0.2, 0.25) is 0 Å². The lowest BCUT2D eigenvalue weighted by molar-refractivity contribution is -0.384. The fraction of sp³-hybridized carbons (Fsp3) is 0.533. The van der Waals surface area contributed by atoms with Crippen LogP contribution in [0.3, 0.4) is 0 Å². The van der Waals surface area contributed by atoms with E-state index in [1.807, 2.05) is 6.92 Å². The molecule has 1 aliphatic rings. The third kappa shape index (κ3) is 3.73. The highest BCUT2D eigenvalue weighted by molar-refractivity contribution is 5.96. The Morgan fingerprint density at radius 3 is 2.64 bits per heavy atom. The van der Waals surface area contributed by atoms with Crippen molar-refractivity contribution in [3.8, 4) is 5.75 Å². The Morgan fingerprint density at radius 1 is 1.36 bits per heavy atom. The summed E-state index contributed by atoms with van der Waals surface area (Å²) in [5.74, 6) is 0.227. The summed E-state index contributed by atoms with van der Waals surface area (Å²) in [7, 11) is 1.46. The van der Waals surface area contributed by atoms with Gasteiger partial charge in [-0.1, -0.05) is 6.42 Å². The predicted molar refractivity (Wildman–Crippen MR) is 83.2 cm³/mol. The van der Waals surface area contributed by atoms with Crippen LogP contribution in [0.5, 0.6) is 5.75 Å². The van der Waals surface area contributed by atoms with Crippen LogP contribution in [-0.4, -0.2) is 42.0 Å². The first kappa shape index (κ1) is 16.2. The zero-order chi connectivity index (χ0) is 16.1. The molecule has 1 heterocycles. The third-order valence-electron chi connectivity index (χ3n) is 3.97. The number of nitrogens with zero attached hydrogens (tertiary/aromatic N) is 2. The molecule has 2 rings (SSSR count). The minimum absolute atomic E-state index is 0.0817. The molecule has 7 nitrogen and oxygen atoms in total. The maximum Gasteiger partial charge on any atom is 0.271 e. The van der Waals surface area contributed by atoms with Gasteiger partial charge in [0.2, 0.25) is 5.91 Å². The van der Waals surface area contributed by atoms with Crippen molar-refractivity contribution in [1.82, 2.24) is 4.90 Å². The van der Waals surface area contributed by atoms with Gasteiger partial charge in [0.15, 0.2) is 0 Å². The first-order valence-electron chi connectivity index (χ1n) is 7.40. The molecule has 7 heteroatoms. The number of likely N-dealkylation sites (tertiary alicyclic amines) is 1. The van der Waals surface area contributed by atoms with E-state index in [-0.39, 0.29) is 17.6 Å². The summed E-state index contributed by atoms with van der Waals surface area (Å²) in [6.45, 7) is 3.66.